The molecule has 5 rings (SSSR count). The molecule has 1 aromatic heterocycles. The first-order valence-electron chi connectivity index (χ1n) is 11.6. The number of carboxylic acid groups (broad SMARTS) is 1. The van der Waals surface area contributed by atoms with E-state index in [4.69, 9.17) is 4.74 Å². The van der Waals surface area contributed by atoms with Crippen LogP contribution < -0.4 is 5.32 Å². The van der Waals surface area contributed by atoms with Gasteiger partial charge in [-0.1, -0.05) is 48.5 Å². The summed E-state index contributed by atoms with van der Waals surface area (Å²) < 4.78 is 5.61. The van der Waals surface area contributed by atoms with Crippen LogP contribution in [0.15, 0.2) is 61.1 Å². The summed E-state index contributed by atoms with van der Waals surface area (Å²) in [5.74, 6) is -1.64. The summed E-state index contributed by atoms with van der Waals surface area (Å²) in [6.07, 6.45) is 3.97. The molecule has 1 atom stereocenters. The quantitative estimate of drug-likeness (QED) is 0.438. The number of nitrogens with zero attached hydrogens (tertiary/aromatic N) is 2. The number of hydrogen-bond donors (Lipinski definition) is 3. The Kier molecular flexibility index (Phi) is 6.22. The number of carboxylic acids is 1. The van der Waals surface area contributed by atoms with Gasteiger partial charge in [-0.05, 0) is 35.1 Å². The molecule has 35 heavy (non-hydrogen) atoms. The number of H-pyrrole nitrogens is 1. The van der Waals surface area contributed by atoms with Crippen molar-refractivity contribution in [1.29, 1.82) is 0 Å². The third kappa shape index (κ3) is 4.89. The molecule has 2 aliphatic rings. The van der Waals surface area contributed by atoms with Crippen LogP contribution >= 0.6 is 0 Å². The first kappa shape index (κ1) is 22.6. The second-order valence-corrected chi connectivity index (χ2v) is 8.89. The zero-order chi connectivity index (χ0) is 24.4. The smallest absolute Gasteiger partial charge is 0.407 e. The van der Waals surface area contributed by atoms with Crippen molar-refractivity contribution >= 4 is 18.0 Å². The Balaban J connectivity index is 1.30. The molecule has 0 aliphatic heterocycles. The van der Waals surface area contributed by atoms with Crippen LogP contribution in [0.5, 0.6) is 0 Å². The summed E-state index contributed by atoms with van der Waals surface area (Å²) in [5, 5.41) is 11.9. The fraction of sp³-hybridized carbons (Fsp3) is 0.308. The van der Waals surface area contributed by atoms with E-state index < -0.39 is 30.6 Å². The van der Waals surface area contributed by atoms with Gasteiger partial charge in [-0.3, -0.25) is 9.59 Å². The van der Waals surface area contributed by atoms with Gasteiger partial charge in [0.15, 0.2) is 0 Å². The molecular weight excluding hydrogens is 448 g/mol. The highest BCUT2D eigenvalue weighted by molar-refractivity contribution is 5.89. The number of benzene rings is 2. The topological polar surface area (TPSA) is 125 Å². The fourth-order valence-corrected chi connectivity index (χ4v) is 4.72. The molecule has 1 heterocycles. The molecule has 2 aliphatic carbocycles. The molecule has 1 fully saturated rings. The minimum Gasteiger partial charge on any atom is -0.480 e. The van der Waals surface area contributed by atoms with E-state index in [-0.39, 0.29) is 25.0 Å². The number of fused-ring (bicyclic) bond motifs is 3. The number of aromatic amines is 1. The maximum Gasteiger partial charge on any atom is 0.407 e. The highest BCUT2D eigenvalue weighted by Crippen LogP contribution is 2.44. The third-order valence-electron chi connectivity index (χ3n) is 6.49. The summed E-state index contributed by atoms with van der Waals surface area (Å²) in [5.41, 5.74) is 5.07. The van der Waals surface area contributed by atoms with Crippen molar-refractivity contribution in [3.8, 4) is 11.1 Å². The Hall–Kier alpha value is -4.14. The number of ether oxygens (including phenoxy) is 1. The molecule has 3 aromatic rings. The van der Waals surface area contributed by atoms with Crippen molar-refractivity contribution in [3.05, 3.63) is 77.9 Å². The summed E-state index contributed by atoms with van der Waals surface area (Å²) in [7, 11) is 0. The number of carbonyl (C=O) groups excluding carboxylic acids is 2. The third-order valence-corrected chi connectivity index (χ3v) is 6.49. The molecule has 3 N–H and O–H groups in total. The van der Waals surface area contributed by atoms with Crippen LogP contribution in [0.1, 0.15) is 35.6 Å². The van der Waals surface area contributed by atoms with Crippen molar-refractivity contribution in [2.24, 2.45) is 0 Å². The second-order valence-electron chi connectivity index (χ2n) is 8.89. The molecule has 0 radical (unpaired) electrons. The minimum atomic E-state index is -1.09. The van der Waals surface area contributed by atoms with Crippen molar-refractivity contribution in [2.75, 3.05) is 13.2 Å². The van der Waals surface area contributed by atoms with E-state index in [1.165, 1.54) is 11.2 Å². The van der Waals surface area contributed by atoms with Crippen LogP contribution in [0.3, 0.4) is 0 Å². The van der Waals surface area contributed by atoms with Gasteiger partial charge in [-0.25, -0.2) is 9.78 Å². The SMILES string of the molecule is O=C(O)CN(C(=O)C(Cc1cnc[nH]1)NC(=O)OCC1c2ccccc2-c2ccccc21)C1CC1. The van der Waals surface area contributed by atoms with Crippen molar-refractivity contribution < 1.29 is 24.2 Å². The summed E-state index contributed by atoms with van der Waals surface area (Å²) in [4.78, 5) is 45.7. The zero-order valence-corrected chi connectivity index (χ0v) is 19.0. The largest absolute Gasteiger partial charge is 0.480 e. The van der Waals surface area contributed by atoms with Crippen LogP contribution in [0.25, 0.3) is 11.1 Å². The number of nitrogens with one attached hydrogen (secondary N) is 2. The Morgan fingerprint density at radius 3 is 2.31 bits per heavy atom. The van der Waals surface area contributed by atoms with E-state index in [0.717, 1.165) is 35.1 Å². The lowest BCUT2D eigenvalue weighted by atomic mass is 9.98. The lowest BCUT2D eigenvalue weighted by Gasteiger charge is -2.26. The van der Waals surface area contributed by atoms with E-state index in [0.29, 0.717) is 5.69 Å². The van der Waals surface area contributed by atoms with Crippen LogP contribution in [-0.2, 0) is 20.7 Å². The van der Waals surface area contributed by atoms with E-state index in [1.807, 2.05) is 36.4 Å². The highest BCUT2D eigenvalue weighted by atomic mass is 16.5. The normalized spacial score (nSPS) is 15.1. The molecular formula is C26H26N4O5. The van der Waals surface area contributed by atoms with Gasteiger partial charge in [-0.15, -0.1) is 0 Å². The molecule has 2 aromatic carbocycles. The van der Waals surface area contributed by atoms with Crippen molar-refractivity contribution in [3.63, 3.8) is 0 Å². The number of rotatable bonds is 9. The van der Waals surface area contributed by atoms with Gasteiger partial charge in [0.2, 0.25) is 5.91 Å². The molecule has 9 heteroatoms. The zero-order valence-electron chi connectivity index (χ0n) is 19.0. The molecule has 0 bridgehead atoms. The van der Waals surface area contributed by atoms with Gasteiger partial charge in [0.05, 0.1) is 6.33 Å². The Bertz CT molecular complexity index is 1190. The van der Waals surface area contributed by atoms with E-state index in [2.05, 4.69) is 27.4 Å². The van der Waals surface area contributed by atoms with Crippen LogP contribution in [0.4, 0.5) is 4.79 Å². The Morgan fingerprint density at radius 2 is 1.74 bits per heavy atom. The lowest BCUT2D eigenvalue weighted by molar-refractivity contribution is -0.145. The maximum atomic E-state index is 13.3. The number of hydrogen-bond acceptors (Lipinski definition) is 5. The number of amides is 2. The second kappa shape index (κ2) is 9.61. The lowest BCUT2D eigenvalue weighted by Crippen LogP contribution is -2.52. The molecule has 1 unspecified atom stereocenters. The summed E-state index contributed by atoms with van der Waals surface area (Å²) >= 11 is 0. The molecule has 0 spiro atoms. The van der Waals surface area contributed by atoms with Gasteiger partial charge in [0, 0.05) is 30.3 Å². The van der Waals surface area contributed by atoms with E-state index in [1.54, 1.807) is 6.20 Å². The van der Waals surface area contributed by atoms with Crippen molar-refractivity contribution in [2.45, 2.75) is 37.3 Å². The van der Waals surface area contributed by atoms with E-state index >= 15 is 0 Å². The van der Waals surface area contributed by atoms with Gasteiger partial charge < -0.3 is 25.0 Å². The molecule has 180 valence electrons. The Labute approximate surface area is 202 Å². The van der Waals surface area contributed by atoms with Gasteiger partial charge in [-0.2, -0.15) is 0 Å². The summed E-state index contributed by atoms with van der Waals surface area (Å²) in [6, 6.07) is 15.0. The number of aromatic nitrogens is 2. The van der Waals surface area contributed by atoms with Gasteiger partial charge >= 0.3 is 12.1 Å². The Morgan fingerprint density at radius 1 is 1.09 bits per heavy atom. The maximum absolute atomic E-state index is 13.3. The average molecular weight is 475 g/mol. The number of alkyl carbamates (subject to hydrolysis) is 1. The minimum absolute atomic E-state index is 0.107. The van der Waals surface area contributed by atoms with Crippen LogP contribution in [0, 0.1) is 0 Å². The van der Waals surface area contributed by atoms with Gasteiger partial charge in [0.1, 0.15) is 19.2 Å². The van der Waals surface area contributed by atoms with Gasteiger partial charge in [0.25, 0.3) is 0 Å². The van der Waals surface area contributed by atoms with E-state index in [9.17, 15) is 19.5 Å². The fourth-order valence-electron chi connectivity index (χ4n) is 4.72. The highest BCUT2D eigenvalue weighted by Gasteiger charge is 2.38. The standard InChI is InChI=1S/C26H26N4O5/c31-24(32)13-30(17-9-10-17)25(33)23(11-16-12-27-15-28-16)29-26(34)35-14-22-20-7-3-1-5-18(20)19-6-2-4-8-21(19)22/h1-8,12,15,17,22-23H,9-11,13-14H2,(H,27,28)(H,29,34)(H,31,32). The first-order chi connectivity index (χ1) is 17.0. The van der Waals surface area contributed by atoms with Crippen LogP contribution in [-0.4, -0.2) is 63.2 Å². The molecule has 1 saturated carbocycles. The number of aliphatic carboxylic acids is 1. The van der Waals surface area contributed by atoms with Crippen molar-refractivity contribution in [1.82, 2.24) is 20.2 Å². The average Bonchev–Trinajstić information content (AvgIpc) is 3.47. The number of carbonyl (C=O) groups is 3. The predicted molar refractivity (Wildman–Crippen MR) is 127 cm³/mol. The molecule has 0 saturated heterocycles. The number of imidazole rings is 1. The molecule has 2 amide bonds. The monoisotopic (exact) mass is 474 g/mol. The predicted octanol–water partition coefficient (Wildman–Crippen LogP) is 2.94. The first-order valence-corrected chi connectivity index (χ1v) is 11.6. The molecule has 9 nitrogen and oxygen atoms in total. The van der Waals surface area contributed by atoms with Crippen LogP contribution in [0.2, 0.25) is 0 Å². The summed E-state index contributed by atoms with van der Waals surface area (Å²) in [6.45, 7) is -0.290.